The van der Waals surface area contributed by atoms with E-state index in [1.165, 1.54) is 70.6 Å². The zero-order chi connectivity index (χ0) is 47.6. The van der Waals surface area contributed by atoms with E-state index in [2.05, 4.69) is 63.3 Å². The van der Waals surface area contributed by atoms with Gasteiger partial charge in [-0.3, -0.25) is 14.4 Å². The fourth-order valence-electron chi connectivity index (χ4n) is 7.26. The molecule has 1 heterocycles. The van der Waals surface area contributed by atoms with Crippen molar-refractivity contribution in [2.45, 2.75) is 237 Å². The highest BCUT2D eigenvalue weighted by Crippen LogP contribution is 2.26. The number of unbranched alkanes of at least 4 members (excludes halogenated alkanes) is 18. The molecule has 12 nitrogen and oxygen atoms in total. The lowest BCUT2D eigenvalue weighted by atomic mass is 9.98. The van der Waals surface area contributed by atoms with Gasteiger partial charge in [-0.2, -0.15) is 0 Å². The number of aliphatic hydroxyl groups excluding tert-OH is 2. The first kappa shape index (κ1) is 59.4. The Labute approximate surface area is 392 Å². The molecule has 0 aliphatic carbocycles. The van der Waals surface area contributed by atoms with Crippen LogP contribution in [0.2, 0.25) is 0 Å². The van der Waals surface area contributed by atoms with Crippen molar-refractivity contribution in [2.24, 2.45) is 0 Å². The number of aliphatic carboxylic acids is 1. The molecule has 6 unspecified atom stereocenters. The second-order valence-corrected chi connectivity index (χ2v) is 17.1. The Hall–Kier alpha value is -3.58. The van der Waals surface area contributed by atoms with Gasteiger partial charge >= 0.3 is 23.9 Å². The van der Waals surface area contributed by atoms with Crippen LogP contribution in [0, 0.1) is 0 Å². The summed E-state index contributed by atoms with van der Waals surface area (Å²) in [4.78, 5) is 50.6. The molecule has 0 bridgehead atoms. The highest BCUT2D eigenvalue weighted by atomic mass is 16.7. The van der Waals surface area contributed by atoms with Gasteiger partial charge in [-0.05, 0) is 44.9 Å². The predicted molar refractivity (Wildman–Crippen MR) is 257 cm³/mol. The van der Waals surface area contributed by atoms with Gasteiger partial charge in [0, 0.05) is 12.8 Å². The fraction of sp³-hybridized carbons (Fsp3) is 0.736. The molecule has 0 amide bonds. The minimum Gasteiger partial charge on any atom is -0.479 e. The van der Waals surface area contributed by atoms with Crippen molar-refractivity contribution in [2.75, 3.05) is 13.2 Å². The van der Waals surface area contributed by atoms with Crippen LogP contribution in [0.3, 0.4) is 0 Å². The maximum Gasteiger partial charge on any atom is 0.335 e. The highest BCUT2D eigenvalue weighted by Gasteiger charge is 2.50. The summed E-state index contributed by atoms with van der Waals surface area (Å²) in [6.45, 7) is 5.71. The molecular formula is C53H88O12. The number of carbonyl (C=O) groups is 4. The van der Waals surface area contributed by atoms with Crippen molar-refractivity contribution in [1.82, 2.24) is 0 Å². The van der Waals surface area contributed by atoms with Crippen molar-refractivity contribution < 1.29 is 58.2 Å². The van der Waals surface area contributed by atoms with Crippen LogP contribution in [0.5, 0.6) is 0 Å². The molecule has 65 heavy (non-hydrogen) atoms. The minimum atomic E-state index is -1.91. The van der Waals surface area contributed by atoms with Crippen LogP contribution in [0.25, 0.3) is 0 Å². The van der Waals surface area contributed by atoms with Crippen LogP contribution in [0.15, 0.2) is 60.8 Å². The molecule has 3 N–H and O–H groups in total. The van der Waals surface area contributed by atoms with Gasteiger partial charge < -0.3 is 39.0 Å². The molecule has 0 aromatic carbocycles. The second-order valence-electron chi connectivity index (χ2n) is 17.1. The quantitative estimate of drug-likeness (QED) is 0.0229. The van der Waals surface area contributed by atoms with Crippen molar-refractivity contribution >= 4 is 23.9 Å². The molecule has 12 heteroatoms. The van der Waals surface area contributed by atoms with Gasteiger partial charge in [-0.1, -0.05) is 197 Å². The summed E-state index contributed by atoms with van der Waals surface area (Å²) in [6, 6.07) is 0. The number of hydrogen-bond acceptors (Lipinski definition) is 11. The maximum atomic E-state index is 13.0. The van der Waals surface area contributed by atoms with Crippen molar-refractivity contribution in [3.63, 3.8) is 0 Å². The zero-order valence-electron chi connectivity index (χ0n) is 40.5. The van der Waals surface area contributed by atoms with E-state index < -0.39 is 67.3 Å². The molecule has 0 aromatic heterocycles. The van der Waals surface area contributed by atoms with Crippen LogP contribution >= 0.6 is 0 Å². The number of aliphatic hydroxyl groups is 2. The van der Waals surface area contributed by atoms with Crippen LogP contribution < -0.4 is 0 Å². The summed E-state index contributed by atoms with van der Waals surface area (Å²) < 4.78 is 28.1. The third kappa shape index (κ3) is 32.7. The smallest absolute Gasteiger partial charge is 0.335 e. The first-order valence-corrected chi connectivity index (χ1v) is 25.3. The van der Waals surface area contributed by atoms with Gasteiger partial charge in [0.25, 0.3) is 0 Å². The van der Waals surface area contributed by atoms with E-state index in [0.717, 1.165) is 70.6 Å². The third-order valence-corrected chi connectivity index (χ3v) is 11.1. The first-order valence-electron chi connectivity index (χ1n) is 25.3. The maximum absolute atomic E-state index is 13.0. The highest BCUT2D eigenvalue weighted by molar-refractivity contribution is 5.74. The molecule has 1 rings (SSSR count). The monoisotopic (exact) mass is 917 g/mol. The number of allylic oxidation sites excluding steroid dienone is 9. The topological polar surface area (TPSA) is 175 Å². The van der Waals surface area contributed by atoms with Gasteiger partial charge in [-0.25, -0.2) is 4.79 Å². The molecule has 1 fully saturated rings. The van der Waals surface area contributed by atoms with E-state index in [9.17, 15) is 34.5 Å². The molecule has 372 valence electrons. The van der Waals surface area contributed by atoms with Crippen LogP contribution in [-0.4, -0.2) is 89.2 Å². The van der Waals surface area contributed by atoms with E-state index >= 15 is 0 Å². The average molecular weight is 917 g/mol. The van der Waals surface area contributed by atoms with E-state index in [4.69, 9.17) is 23.7 Å². The minimum absolute atomic E-state index is 0.0131. The molecule has 0 saturated carbocycles. The summed E-state index contributed by atoms with van der Waals surface area (Å²) in [6.07, 6.45) is 36.9. The standard InChI is InChI=1S/C53H88O12/c1-4-7-10-13-16-19-21-22-23-24-26-28-30-33-36-39-45(54)61-42-44(63-46(55)40-37-34-31-27-18-15-12-9-6-3)43-62-53-51(49(58)48(57)50(65-53)52(59)60)64-47(56)41-38-35-32-29-25-20-17-14-11-8-5-2/h7,10,16,19,22-23,26,28,33,36,44,48-51,53,57-58H,4-6,8-9,11-15,17-18,20-21,24-25,27,29-32,34-35,37-43H2,1-3H3,(H,59,60)/b10-7-,19-16-,23-22-,28-26-,36-33-. The Kier molecular flexibility index (Phi) is 38.2. The van der Waals surface area contributed by atoms with Gasteiger partial charge in [0.2, 0.25) is 0 Å². The van der Waals surface area contributed by atoms with Crippen molar-refractivity contribution in [3.8, 4) is 0 Å². The summed E-state index contributed by atoms with van der Waals surface area (Å²) in [5, 5.41) is 31.2. The van der Waals surface area contributed by atoms with E-state index in [1.54, 1.807) is 6.08 Å². The van der Waals surface area contributed by atoms with Crippen LogP contribution in [0.1, 0.15) is 201 Å². The summed E-state index contributed by atoms with van der Waals surface area (Å²) in [5.74, 6) is -3.28. The second kappa shape index (κ2) is 41.8. The van der Waals surface area contributed by atoms with Crippen molar-refractivity contribution in [1.29, 1.82) is 0 Å². The lowest BCUT2D eigenvalue weighted by Crippen LogP contribution is -2.61. The summed E-state index contributed by atoms with van der Waals surface area (Å²) in [5.41, 5.74) is 0. The lowest BCUT2D eigenvalue weighted by Gasteiger charge is -2.40. The third-order valence-electron chi connectivity index (χ3n) is 11.1. The summed E-state index contributed by atoms with van der Waals surface area (Å²) >= 11 is 0. The molecule has 1 saturated heterocycles. The SMILES string of the molecule is CC/C=C\C/C=C\C/C=C\C/C=C\C/C=C\CC(=O)OCC(COC1OC(C(=O)O)C(O)C(O)C1OC(=O)CCCCCCCCCCCCC)OC(=O)CCCCCCCCCCC. The predicted octanol–water partition coefficient (Wildman–Crippen LogP) is 11.7. The average Bonchev–Trinajstić information content (AvgIpc) is 3.29. The Morgan fingerprint density at radius 1 is 0.523 bits per heavy atom. The Morgan fingerprint density at radius 2 is 0.954 bits per heavy atom. The fourth-order valence-corrected chi connectivity index (χ4v) is 7.26. The van der Waals surface area contributed by atoms with Crippen LogP contribution in [0.4, 0.5) is 0 Å². The van der Waals surface area contributed by atoms with E-state index in [0.29, 0.717) is 19.3 Å². The number of carboxylic acids is 1. The van der Waals surface area contributed by atoms with Gasteiger partial charge in [0.15, 0.2) is 24.6 Å². The molecular weight excluding hydrogens is 829 g/mol. The zero-order valence-corrected chi connectivity index (χ0v) is 40.5. The number of carbonyl (C=O) groups excluding carboxylic acids is 3. The number of hydrogen-bond donors (Lipinski definition) is 3. The Morgan fingerprint density at radius 3 is 1.42 bits per heavy atom. The van der Waals surface area contributed by atoms with E-state index in [-0.39, 0.29) is 25.9 Å². The Bertz CT molecular complexity index is 1370. The number of carboxylic acid groups (broad SMARTS) is 1. The number of esters is 3. The van der Waals surface area contributed by atoms with Crippen LogP contribution in [-0.2, 0) is 42.9 Å². The summed E-state index contributed by atoms with van der Waals surface area (Å²) in [7, 11) is 0. The van der Waals surface area contributed by atoms with Gasteiger partial charge in [-0.15, -0.1) is 0 Å². The Balaban J connectivity index is 2.79. The molecule has 1 aliphatic heterocycles. The molecule has 0 aromatic rings. The largest absolute Gasteiger partial charge is 0.479 e. The van der Waals surface area contributed by atoms with Gasteiger partial charge in [0.1, 0.15) is 18.8 Å². The first-order chi connectivity index (χ1) is 31.6. The number of rotatable bonds is 41. The molecule has 0 spiro atoms. The molecule has 6 atom stereocenters. The molecule has 1 aliphatic rings. The molecule has 0 radical (unpaired) electrons. The normalized spacial score (nSPS) is 19.6. The number of ether oxygens (including phenoxy) is 5. The van der Waals surface area contributed by atoms with Crippen molar-refractivity contribution in [3.05, 3.63) is 60.8 Å². The van der Waals surface area contributed by atoms with E-state index in [1.807, 2.05) is 12.2 Å². The van der Waals surface area contributed by atoms with Gasteiger partial charge in [0.05, 0.1) is 13.0 Å². The lowest BCUT2D eigenvalue weighted by molar-refractivity contribution is -0.301.